The van der Waals surface area contributed by atoms with Crippen molar-refractivity contribution in [3.8, 4) is 12.3 Å². The molecular weight excluding hydrogens is 614 g/mol. The van der Waals surface area contributed by atoms with Gasteiger partial charge in [-0.3, -0.25) is 9.59 Å². The van der Waals surface area contributed by atoms with Crippen LogP contribution in [0.1, 0.15) is 91.0 Å². The summed E-state index contributed by atoms with van der Waals surface area (Å²) in [6.45, 7) is 14.3. The molecule has 0 aliphatic heterocycles. The van der Waals surface area contributed by atoms with Gasteiger partial charge in [-0.15, -0.1) is 6.42 Å². The fourth-order valence-electron chi connectivity index (χ4n) is 4.79. The predicted molar refractivity (Wildman–Crippen MR) is 188 cm³/mol. The molecule has 2 rings (SSSR count). The number of hydrogen-bond donors (Lipinski definition) is 2. The summed E-state index contributed by atoms with van der Waals surface area (Å²) in [5, 5.41) is 5.67. The number of nitrogens with zero attached hydrogens (tertiary/aromatic N) is 1. The number of amides is 3. The molecule has 0 radical (unpaired) electrons. The van der Waals surface area contributed by atoms with Crippen LogP contribution in [0.25, 0.3) is 0 Å². The third kappa shape index (κ3) is 13.0. The Bertz CT molecular complexity index is 1380. The number of esters is 1. The summed E-state index contributed by atoms with van der Waals surface area (Å²) in [5.74, 6) is 1.54. The van der Waals surface area contributed by atoms with Crippen molar-refractivity contribution in [1.29, 1.82) is 0 Å². The van der Waals surface area contributed by atoms with Gasteiger partial charge in [0.2, 0.25) is 11.8 Å². The molecule has 0 aliphatic rings. The van der Waals surface area contributed by atoms with Gasteiger partial charge in [0.1, 0.15) is 29.3 Å². The van der Waals surface area contributed by atoms with Crippen molar-refractivity contribution in [1.82, 2.24) is 15.5 Å². The first-order valence-corrected chi connectivity index (χ1v) is 17.3. The maximum Gasteiger partial charge on any atom is 0.408 e. The topological polar surface area (TPSA) is 114 Å². The Hall–Kier alpha value is -3.97. The Kier molecular flexibility index (Phi) is 14.9. The van der Waals surface area contributed by atoms with E-state index in [-0.39, 0.29) is 6.42 Å². The summed E-state index contributed by atoms with van der Waals surface area (Å²) in [4.78, 5) is 56.9. The second-order valence-corrected chi connectivity index (χ2v) is 14.4. The third-order valence-corrected chi connectivity index (χ3v) is 7.77. The van der Waals surface area contributed by atoms with Gasteiger partial charge in [0, 0.05) is 18.0 Å². The molecule has 9 nitrogen and oxygen atoms in total. The second kappa shape index (κ2) is 17.8. The van der Waals surface area contributed by atoms with E-state index in [0.29, 0.717) is 29.7 Å². The van der Waals surface area contributed by atoms with E-state index >= 15 is 0 Å². The number of ether oxygens (including phenoxy) is 2. The maximum absolute atomic E-state index is 14.5. The standard InChI is InChI=1S/C37H51N3O6S/c1-11-25(3)40(33(42)29(22-23-47-10)39-35(44)46-37(7,8)9)31(28-20-18-26(12-2)19-21-28)32(41)38-30(34(43)45-36(4,5)6)24-27-16-14-13-15-17-27/h2,13-21,25,29-31H,11,22-24H2,1,3-10H3,(H,38,41)(H,39,44). The molecule has 2 aromatic rings. The van der Waals surface area contributed by atoms with Gasteiger partial charge >= 0.3 is 12.1 Å². The fourth-order valence-corrected chi connectivity index (χ4v) is 5.26. The fraction of sp³-hybridized carbons (Fsp3) is 0.514. The molecule has 256 valence electrons. The number of terminal acetylenes is 1. The molecular formula is C37H51N3O6S. The van der Waals surface area contributed by atoms with Crippen LogP contribution in [0, 0.1) is 12.3 Å². The molecule has 4 unspecified atom stereocenters. The lowest BCUT2D eigenvalue weighted by molar-refractivity contribution is -0.159. The van der Waals surface area contributed by atoms with Crippen LogP contribution in [0.5, 0.6) is 0 Å². The van der Waals surface area contributed by atoms with E-state index in [4.69, 9.17) is 15.9 Å². The Balaban J connectivity index is 2.65. The summed E-state index contributed by atoms with van der Waals surface area (Å²) in [6.07, 6.45) is 7.80. The molecule has 0 heterocycles. The van der Waals surface area contributed by atoms with Gasteiger partial charge in [-0.2, -0.15) is 11.8 Å². The highest BCUT2D eigenvalue weighted by Gasteiger charge is 2.40. The summed E-state index contributed by atoms with van der Waals surface area (Å²) >= 11 is 1.53. The zero-order valence-electron chi connectivity index (χ0n) is 29.2. The molecule has 0 fully saturated rings. The molecule has 4 atom stereocenters. The largest absolute Gasteiger partial charge is 0.458 e. The van der Waals surface area contributed by atoms with E-state index < -0.39 is 59.2 Å². The summed E-state index contributed by atoms with van der Waals surface area (Å²) in [6, 6.07) is 12.5. The van der Waals surface area contributed by atoms with Crippen molar-refractivity contribution in [2.45, 2.75) is 110 Å². The zero-order valence-corrected chi connectivity index (χ0v) is 30.0. The number of rotatable bonds is 14. The minimum atomic E-state index is -1.16. The molecule has 0 aromatic heterocycles. The van der Waals surface area contributed by atoms with E-state index in [1.807, 2.05) is 50.4 Å². The monoisotopic (exact) mass is 665 g/mol. The van der Waals surface area contributed by atoms with Gasteiger partial charge in [-0.05, 0) is 96.6 Å². The van der Waals surface area contributed by atoms with Gasteiger partial charge < -0.3 is 25.0 Å². The number of carbonyl (C=O) groups is 4. The number of alkyl carbamates (subject to hydrolysis) is 1. The van der Waals surface area contributed by atoms with Crippen LogP contribution >= 0.6 is 11.8 Å². The average molecular weight is 666 g/mol. The summed E-state index contributed by atoms with van der Waals surface area (Å²) < 4.78 is 11.2. The highest BCUT2D eigenvalue weighted by atomic mass is 32.2. The van der Waals surface area contributed by atoms with Crippen LogP contribution in [0.15, 0.2) is 54.6 Å². The van der Waals surface area contributed by atoms with E-state index in [0.717, 1.165) is 5.56 Å². The molecule has 3 amide bonds. The SMILES string of the molecule is C#Cc1ccc(C(C(=O)NC(Cc2ccccc2)C(=O)OC(C)(C)C)N(C(=O)C(CCSC)NC(=O)OC(C)(C)C)C(C)CC)cc1. The van der Waals surface area contributed by atoms with Gasteiger partial charge in [0.25, 0.3) is 0 Å². The number of hydrogen-bond acceptors (Lipinski definition) is 7. The molecule has 10 heteroatoms. The molecule has 0 aliphatic carbocycles. The number of nitrogens with one attached hydrogen (secondary N) is 2. The van der Waals surface area contributed by atoms with Crippen LogP contribution in [-0.4, -0.2) is 70.1 Å². The Morgan fingerprint density at radius 1 is 0.894 bits per heavy atom. The molecule has 0 saturated carbocycles. The quantitative estimate of drug-likeness (QED) is 0.187. The molecule has 0 saturated heterocycles. The second-order valence-electron chi connectivity index (χ2n) is 13.4. The lowest BCUT2D eigenvalue weighted by Crippen LogP contribution is -2.57. The summed E-state index contributed by atoms with van der Waals surface area (Å²) in [5.41, 5.74) is 0.363. The normalized spacial score (nSPS) is 14.0. The minimum absolute atomic E-state index is 0.179. The van der Waals surface area contributed by atoms with Crippen LogP contribution in [0.3, 0.4) is 0 Å². The van der Waals surface area contributed by atoms with Crippen LogP contribution < -0.4 is 10.6 Å². The molecule has 0 bridgehead atoms. The highest BCUT2D eigenvalue weighted by molar-refractivity contribution is 7.98. The van der Waals surface area contributed by atoms with Crippen molar-refractivity contribution < 1.29 is 28.7 Å². The Morgan fingerprint density at radius 2 is 1.49 bits per heavy atom. The van der Waals surface area contributed by atoms with Crippen molar-refractivity contribution in [2.75, 3.05) is 12.0 Å². The first-order valence-electron chi connectivity index (χ1n) is 15.9. The predicted octanol–water partition coefficient (Wildman–Crippen LogP) is 6.05. The lowest BCUT2D eigenvalue weighted by Gasteiger charge is -2.39. The van der Waals surface area contributed by atoms with E-state index in [1.54, 1.807) is 65.8 Å². The number of thioether (sulfide) groups is 1. The highest BCUT2D eigenvalue weighted by Crippen LogP contribution is 2.28. The van der Waals surface area contributed by atoms with Crippen LogP contribution in [-0.2, 0) is 30.3 Å². The Morgan fingerprint density at radius 3 is 2.00 bits per heavy atom. The Labute approximate surface area is 284 Å². The van der Waals surface area contributed by atoms with Gasteiger partial charge in [-0.25, -0.2) is 9.59 Å². The zero-order chi connectivity index (χ0) is 35.4. The number of benzene rings is 2. The summed E-state index contributed by atoms with van der Waals surface area (Å²) in [7, 11) is 0. The number of carbonyl (C=O) groups excluding carboxylic acids is 4. The van der Waals surface area contributed by atoms with Gasteiger partial charge in [-0.1, -0.05) is 55.3 Å². The van der Waals surface area contributed by atoms with Crippen molar-refractivity contribution in [3.05, 3.63) is 71.3 Å². The maximum atomic E-state index is 14.5. The third-order valence-electron chi connectivity index (χ3n) is 7.13. The molecule has 47 heavy (non-hydrogen) atoms. The molecule has 0 spiro atoms. The van der Waals surface area contributed by atoms with Gasteiger partial charge in [0.15, 0.2) is 0 Å². The first-order chi connectivity index (χ1) is 22.0. The van der Waals surface area contributed by atoms with E-state index in [9.17, 15) is 19.2 Å². The smallest absolute Gasteiger partial charge is 0.408 e. The average Bonchev–Trinajstić information content (AvgIpc) is 2.99. The van der Waals surface area contributed by atoms with E-state index in [1.165, 1.54) is 16.7 Å². The van der Waals surface area contributed by atoms with Crippen molar-refractivity contribution in [2.24, 2.45) is 0 Å². The van der Waals surface area contributed by atoms with E-state index in [2.05, 4.69) is 16.6 Å². The van der Waals surface area contributed by atoms with Crippen LogP contribution in [0.4, 0.5) is 4.79 Å². The van der Waals surface area contributed by atoms with Gasteiger partial charge in [0.05, 0.1) is 0 Å². The molecule has 2 aromatic carbocycles. The first kappa shape index (κ1) is 39.2. The van der Waals surface area contributed by atoms with Crippen molar-refractivity contribution >= 4 is 35.6 Å². The minimum Gasteiger partial charge on any atom is -0.458 e. The van der Waals surface area contributed by atoms with Crippen LogP contribution in [0.2, 0.25) is 0 Å². The van der Waals surface area contributed by atoms with Crippen molar-refractivity contribution in [3.63, 3.8) is 0 Å². The lowest BCUT2D eigenvalue weighted by atomic mass is 9.97. The molecule has 2 N–H and O–H groups in total.